The molecule has 6 rings (SSSR count). The van der Waals surface area contributed by atoms with E-state index < -0.39 is 5.97 Å². The maximum absolute atomic E-state index is 11.9. The third-order valence-electron chi connectivity index (χ3n) is 7.95. The first-order chi connectivity index (χ1) is 13.7. The molecule has 1 aromatic rings. The average Bonchev–Trinajstić information content (AvgIpc) is 3.38. The fraction of sp³-hybridized carbons (Fsp3) is 0.480. The molecule has 1 aromatic carbocycles. The van der Waals surface area contributed by atoms with Crippen LogP contribution >= 0.6 is 0 Å². The number of rotatable bonds is 2. The van der Waals surface area contributed by atoms with E-state index in [0.717, 1.165) is 19.4 Å². The predicted molar refractivity (Wildman–Crippen MR) is 111 cm³/mol. The van der Waals surface area contributed by atoms with Gasteiger partial charge in [0.2, 0.25) is 0 Å². The third kappa shape index (κ3) is 2.25. The summed E-state index contributed by atoms with van der Waals surface area (Å²) >= 11 is 0. The largest absolute Gasteiger partial charge is 0.478 e. The minimum atomic E-state index is -0.798. The number of anilines is 1. The minimum absolute atomic E-state index is 0.377. The van der Waals surface area contributed by atoms with Gasteiger partial charge in [-0.3, -0.25) is 0 Å². The molecule has 2 heterocycles. The van der Waals surface area contributed by atoms with Crippen LogP contribution in [0.5, 0.6) is 0 Å². The number of hydrogen-bond acceptors (Lipinski definition) is 2. The lowest BCUT2D eigenvalue weighted by Gasteiger charge is -2.53. The SMILES string of the molecule is O=C(O)c1cc2c3c(c1)[C@@H]1C=CC[C@@H]1[C@H]([C@@H]1CC=CCC1)N3C[C@@H]1CC=C[C@@H]21. The van der Waals surface area contributed by atoms with Crippen molar-refractivity contribution < 1.29 is 9.90 Å². The molecule has 3 nitrogen and oxygen atoms in total. The molecule has 0 unspecified atom stereocenters. The monoisotopic (exact) mass is 373 g/mol. The van der Waals surface area contributed by atoms with Crippen LogP contribution in [0.4, 0.5) is 5.69 Å². The molecule has 0 fully saturated rings. The van der Waals surface area contributed by atoms with E-state index in [1.54, 1.807) is 0 Å². The Bertz CT molecular complexity index is 909. The van der Waals surface area contributed by atoms with Crippen molar-refractivity contribution in [1.29, 1.82) is 0 Å². The van der Waals surface area contributed by atoms with Crippen LogP contribution in [0.2, 0.25) is 0 Å². The summed E-state index contributed by atoms with van der Waals surface area (Å²) in [7, 11) is 0. The molecule has 144 valence electrons. The van der Waals surface area contributed by atoms with E-state index in [1.807, 2.05) is 12.1 Å². The van der Waals surface area contributed by atoms with Gasteiger partial charge in [0.1, 0.15) is 0 Å². The Kier molecular flexibility index (Phi) is 3.63. The van der Waals surface area contributed by atoms with Crippen molar-refractivity contribution >= 4 is 11.7 Å². The van der Waals surface area contributed by atoms with Crippen LogP contribution in [0.1, 0.15) is 65.4 Å². The molecule has 0 bridgehead atoms. The van der Waals surface area contributed by atoms with Crippen LogP contribution in [0.3, 0.4) is 0 Å². The van der Waals surface area contributed by atoms with Gasteiger partial charge in [-0.15, -0.1) is 0 Å². The summed E-state index contributed by atoms with van der Waals surface area (Å²) in [5.41, 5.74) is 4.39. The summed E-state index contributed by atoms with van der Waals surface area (Å²) < 4.78 is 0. The van der Waals surface area contributed by atoms with E-state index in [-0.39, 0.29) is 0 Å². The van der Waals surface area contributed by atoms with Gasteiger partial charge < -0.3 is 10.0 Å². The zero-order chi connectivity index (χ0) is 18.8. The molecule has 0 aromatic heterocycles. The maximum Gasteiger partial charge on any atom is 0.335 e. The highest BCUT2D eigenvalue weighted by atomic mass is 16.4. The van der Waals surface area contributed by atoms with Gasteiger partial charge in [-0.25, -0.2) is 4.79 Å². The molecule has 2 aliphatic heterocycles. The highest BCUT2D eigenvalue weighted by Crippen LogP contribution is 2.57. The number of allylic oxidation sites excluding steroid dienone is 6. The Labute approximate surface area is 166 Å². The Balaban J connectivity index is 1.56. The predicted octanol–water partition coefficient (Wildman–Crippen LogP) is 5.26. The molecule has 0 radical (unpaired) electrons. The molecule has 0 amide bonds. The summed E-state index contributed by atoms with van der Waals surface area (Å²) in [6.45, 7) is 1.12. The fourth-order valence-electron chi connectivity index (χ4n) is 6.83. The van der Waals surface area contributed by atoms with Crippen molar-refractivity contribution in [1.82, 2.24) is 0 Å². The van der Waals surface area contributed by atoms with Crippen LogP contribution < -0.4 is 4.90 Å². The molecule has 0 spiro atoms. The second kappa shape index (κ2) is 6.10. The first-order valence-electron chi connectivity index (χ1n) is 10.9. The molecule has 28 heavy (non-hydrogen) atoms. The van der Waals surface area contributed by atoms with Gasteiger partial charge in [-0.05, 0) is 73.1 Å². The second-order valence-electron chi connectivity index (χ2n) is 9.30. The quantitative estimate of drug-likeness (QED) is 0.719. The van der Waals surface area contributed by atoms with Gasteiger partial charge in [0.25, 0.3) is 0 Å². The lowest BCUT2D eigenvalue weighted by Crippen LogP contribution is -2.54. The van der Waals surface area contributed by atoms with Gasteiger partial charge >= 0.3 is 5.97 Å². The van der Waals surface area contributed by atoms with Crippen LogP contribution in [0, 0.1) is 17.8 Å². The molecular formula is C25H27NO2. The van der Waals surface area contributed by atoms with Crippen LogP contribution in [0.25, 0.3) is 0 Å². The van der Waals surface area contributed by atoms with E-state index in [0.29, 0.717) is 41.2 Å². The third-order valence-corrected chi connectivity index (χ3v) is 7.95. The number of benzene rings is 1. The van der Waals surface area contributed by atoms with Crippen LogP contribution in [-0.4, -0.2) is 23.7 Å². The number of carboxylic acid groups (broad SMARTS) is 1. The smallest absolute Gasteiger partial charge is 0.335 e. The number of carboxylic acids is 1. The topological polar surface area (TPSA) is 40.5 Å². The summed E-state index contributed by atoms with van der Waals surface area (Å²) in [5.74, 6) is 1.86. The van der Waals surface area contributed by atoms with E-state index >= 15 is 0 Å². The average molecular weight is 373 g/mol. The first-order valence-corrected chi connectivity index (χ1v) is 10.9. The molecule has 6 atom stereocenters. The number of carbonyl (C=O) groups is 1. The number of fused-ring (bicyclic) bond motifs is 4. The van der Waals surface area contributed by atoms with Crippen LogP contribution in [-0.2, 0) is 0 Å². The van der Waals surface area contributed by atoms with E-state index in [4.69, 9.17) is 0 Å². The molecule has 0 saturated carbocycles. The summed E-state index contributed by atoms with van der Waals surface area (Å²) in [6.07, 6.45) is 20.0. The van der Waals surface area contributed by atoms with E-state index in [9.17, 15) is 9.90 Å². The second-order valence-corrected chi connectivity index (χ2v) is 9.30. The normalized spacial score (nSPS) is 36.9. The Morgan fingerprint density at radius 2 is 1.68 bits per heavy atom. The highest BCUT2D eigenvalue weighted by molar-refractivity contribution is 5.90. The molecule has 3 heteroatoms. The highest BCUT2D eigenvalue weighted by Gasteiger charge is 2.49. The van der Waals surface area contributed by atoms with Gasteiger partial charge in [0.15, 0.2) is 0 Å². The lowest BCUT2D eigenvalue weighted by molar-refractivity contribution is 0.0696. The number of nitrogens with zero attached hydrogens (tertiary/aromatic N) is 1. The lowest BCUT2D eigenvalue weighted by atomic mass is 9.67. The maximum atomic E-state index is 11.9. The van der Waals surface area contributed by atoms with Gasteiger partial charge in [-0.2, -0.15) is 0 Å². The van der Waals surface area contributed by atoms with Crippen molar-refractivity contribution in [3.05, 3.63) is 65.3 Å². The summed E-state index contributed by atoms with van der Waals surface area (Å²) in [5, 5.41) is 9.77. The van der Waals surface area contributed by atoms with Crippen molar-refractivity contribution in [3.63, 3.8) is 0 Å². The van der Waals surface area contributed by atoms with Gasteiger partial charge in [0.05, 0.1) is 5.56 Å². The number of aromatic carboxylic acids is 1. The first kappa shape index (κ1) is 16.6. The standard InChI is InChI=1S/C25H27NO2/c27-25(28)17-12-21-18-9-4-8-16(18)14-26-23(15-6-2-1-3-7-15)20-11-5-10-19(20)22(13-17)24(21)26/h1-2,4-5,9-10,12-13,15-16,18-20,23H,3,6-8,11,14H2,(H,27,28)/t15-,16+,18-,19-,20+,23+/m1/s1. The van der Waals surface area contributed by atoms with Crippen molar-refractivity contribution in [2.75, 3.05) is 11.4 Å². The molecule has 0 saturated heterocycles. The van der Waals surface area contributed by atoms with E-state index in [2.05, 4.69) is 41.4 Å². The molecule has 3 aliphatic carbocycles. The van der Waals surface area contributed by atoms with E-state index in [1.165, 1.54) is 36.1 Å². The van der Waals surface area contributed by atoms with Gasteiger partial charge in [0, 0.05) is 30.1 Å². The molecule has 1 N–H and O–H groups in total. The fourth-order valence-corrected chi connectivity index (χ4v) is 6.83. The summed E-state index contributed by atoms with van der Waals surface area (Å²) in [4.78, 5) is 14.6. The number of hydrogen-bond donors (Lipinski definition) is 1. The zero-order valence-corrected chi connectivity index (χ0v) is 16.1. The Morgan fingerprint density at radius 3 is 2.46 bits per heavy atom. The van der Waals surface area contributed by atoms with Crippen molar-refractivity contribution in [2.45, 2.75) is 50.0 Å². The van der Waals surface area contributed by atoms with Gasteiger partial charge in [-0.1, -0.05) is 36.5 Å². The zero-order valence-electron chi connectivity index (χ0n) is 16.1. The molecule has 5 aliphatic rings. The van der Waals surface area contributed by atoms with Crippen molar-refractivity contribution in [3.8, 4) is 0 Å². The Hall–Kier alpha value is -2.29. The van der Waals surface area contributed by atoms with Crippen molar-refractivity contribution in [2.24, 2.45) is 17.8 Å². The minimum Gasteiger partial charge on any atom is -0.478 e. The summed E-state index contributed by atoms with van der Waals surface area (Å²) in [6, 6.07) is 4.54. The molecular weight excluding hydrogens is 346 g/mol. The van der Waals surface area contributed by atoms with Crippen LogP contribution in [0.15, 0.2) is 48.6 Å². The Morgan fingerprint density at radius 1 is 0.929 bits per heavy atom.